The van der Waals surface area contributed by atoms with Gasteiger partial charge in [-0.15, -0.1) is 0 Å². The fourth-order valence-corrected chi connectivity index (χ4v) is 12.5. The Kier molecular flexibility index (Phi) is 61.3. The molecule has 0 saturated heterocycles. The van der Waals surface area contributed by atoms with Gasteiger partial charge in [0.05, 0.1) is 26.4 Å². The van der Waals surface area contributed by atoms with Gasteiger partial charge in [0.25, 0.3) is 0 Å². The largest absolute Gasteiger partial charge is 0.472 e. The molecule has 3 N–H and O–H groups in total. The Morgan fingerprint density at radius 2 is 0.522 bits per heavy atom. The Balaban J connectivity index is 5.23. The first-order chi connectivity index (χ1) is 44.2. The summed E-state index contributed by atoms with van der Waals surface area (Å²) >= 11 is 0. The maximum Gasteiger partial charge on any atom is 0.472 e. The highest BCUT2D eigenvalue weighted by Gasteiger charge is 2.30. The number of phosphoric acid groups is 2. The van der Waals surface area contributed by atoms with Crippen molar-refractivity contribution in [3.8, 4) is 0 Å². The van der Waals surface area contributed by atoms with E-state index in [-0.39, 0.29) is 25.7 Å². The van der Waals surface area contributed by atoms with E-state index in [1.165, 1.54) is 154 Å². The number of esters is 4. The predicted molar refractivity (Wildman–Crippen MR) is 372 cm³/mol. The third kappa shape index (κ3) is 62.8. The summed E-state index contributed by atoms with van der Waals surface area (Å²) in [4.78, 5) is 72.7. The van der Waals surface area contributed by atoms with Gasteiger partial charge in [-0.3, -0.25) is 37.3 Å². The van der Waals surface area contributed by atoms with Gasteiger partial charge in [0.1, 0.15) is 19.3 Å². The van der Waals surface area contributed by atoms with E-state index < -0.39 is 97.5 Å². The Bertz CT molecular complexity index is 1820. The molecule has 0 aromatic rings. The molecule has 0 spiro atoms. The Hall–Kier alpha value is -1.94. The highest BCUT2D eigenvalue weighted by Crippen LogP contribution is 2.45. The maximum atomic E-state index is 13.0. The lowest BCUT2D eigenvalue weighted by molar-refractivity contribution is -0.161. The lowest BCUT2D eigenvalue weighted by atomic mass is 9.99. The fourth-order valence-electron chi connectivity index (χ4n) is 10.9. The highest BCUT2D eigenvalue weighted by molar-refractivity contribution is 7.47. The summed E-state index contributed by atoms with van der Waals surface area (Å²) in [7, 11) is -9.91. The van der Waals surface area contributed by atoms with Crippen LogP contribution in [0.15, 0.2) is 0 Å². The second kappa shape index (κ2) is 62.6. The zero-order valence-corrected chi connectivity index (χ0v) is 62.0. The van der Waals surface area contributed by atoms with Gasteiger partial charge in [-0.2, -0.15) is 0 Å². The van der Waals surface area contributed by atoms with Crippen molar-refractivity contribution < 1.29 is 80.2 Å². The highest BCUT2D eigenvalue weighted by atomic mass is 31.2. The van der Waals surface area contributed by atoms with Gasteiger partial charge in [-0.05, 0) is 49.4 Å². The third-order valence-electron chi connectivity index (χ3n) is 17.9. The second-order valence-corrected chi connectivity index (χ2v) is 30.4. The number of carbonyl (C=O) groups is 4. The van der Waals surface area contributed by atoms with Crippen LogP contribution in [0.4, 0.5) is 0 Å². The first-order valence-electron chi connectivity index (χ1n) is 37.8. The molecule has 8 atom stereocenters. The monoisotopic (exact) mass is 1350 g/mol. The molecule has 0 aliphatic rings. The van der Waals surface area contributed by atoms with Crippen LogP contribution in [-0.2, 0) is 65.4 Å². The molecule has 0 amide bonds. The zero-order valence-electron chi connectivity index (χ0n) is 60.2. The molecule has 0 aromatic heterocycles. The summed E-state index contributed by atoms with van der Waals surface area (Å²) in [5, 5.41) is 10.6. The van der Waals surface area contributed by atoms with E-state index in [1.807, 2.05) is 0 Å². The average Bonchev–Trinajstić information content (AvgIpc) is 3.16. The van der Waals surface area contributed by atoms with E-state index in [9.17, 15) is 43.2 Å². The number of phosphoric ester groups is 2. The summed E-state index contributed by atoms with van der Waals surface area (Å²) in [6.07, 6.45) is 45.8. The number of carbonyl (C=O) groups excluding carboxylic acids is 4. The van der Waals surface area contributed by atoms with Crippen molar-refractivity contribution in [3.63, 3.8) is 0 Å². The molecular formula is C73H142O17P2. The van der Waals surface area contributed by atoms with Crippen LogP contribution in [0.3, 0.4) is 0 Å². The van der Waals surface area contributed by atoms with E-state index in [0.29, 0.717) is 25.7 Å². The van der Waals surface area contributed by atoms with Crippen molar-refractivity contribution in [2.24, 2.45) is 23.7 Å². The van der Waals surface area contributed by atoms with Crippen LogP contribution in [0, 0.1) is 23.7 Å². The van der Waals surface area contributed by atoms with E-state index in [4.69, 9.17) is 37.0 Å². The van der Waals surface area contributed by atoms with Gasteiger partial charge in [-0.25, -0.2) is 9.13 Å². The molecule has 0 rings (SSSR count). The third-order valence-corrected chi connectivity index (χ3v) is 19.8. The smallest absolute Gasteiger partial charge is 0.462 e. The minimum Gasteiger partial charge on any atom is -0.462 e. The predicted octanol–water partition coefficient (Wildman–Crippen LogP) is 20.9. The van der Waals surface area contributed by atoms with Crippen LogP contribution in [0.5, 0.6) is 0 Å². The number of aliphatic hydroxyl groups is 1. The maximum absolute atomic E-state index is 13.0. The van der Waals surface area contributed by atoms with Gasteiger partial charge in [0.2, 0.25) is 0 Å². The van der Waals surface area contributed by atoms with Crippen molar-refractivity contribution in [3.05, 3.63) is 0 Å². The van der Waals surface area contributed by atoms with Crippen molar-refractivity contribution in [2.75, 3.05) is 39.6 Å². The van der Waals surface area contributed by atoms with Crippen LogP contribution in [0.1, 0.15) is 364 Å². The van der Waals surface area contributed by atoms with Crippen molar-refractivity contribution >= 4 is 39.5 Å². The molecule has 19 heteroatoms. The minimum atomic E-state index is -4.95. The van der Waals surface area contributed by atoms with Gasteiger partial charge in [-0.1, -0.05) is 312 Å². The lowest BCUT2D eigenvalue weighted by Crippen LogP contribution is -2.30. The summed E-state index contributed by atoms with van der Waals surface area (Å²) in [5.74, 6) is 0.940. The number of ether oxygens (including phenoxy) is 4. The number of hydrogen-bond donors (Lipinski definition) is 3. The number of aliphatic hydroxyl groups excluding tert-OH is 1. The number of rotatable bonds is 70. The lowest BCUT2D eigenvalue weighted by Gasteiger charge is -2.21. The van der Waals surface area contributed by atoms with Gasteiger partial charge < -0.3 is 33.8 Å². The van der Waals surface area contributed by atoms with E-state index in [0.717, 1.165) is 126 Å². The van der Waals surface area contributed by atoms with Gasteiger partial charge in [0.15, 0.2) is 12.2 Å². The number of hydrogen-bond acceptors (Lipinski definition) is 15. The first kappa shape index (κ1) is 90.1. The Labute approximate surface area is 562 Å². The summed E-state index contributed by atoms with van der Waals surface area (Å²) in [6, 6.07) is 0. The molecule has 0 bridgehead atoms. The van der Waals surface area contributed by atoms with E-state index in [1.54, 1.807) is 0 Å². The molecular weight excluding hydrogens is 1210 g/mol. The fraction of sp³-hybridized carbons (Fsp3) is 0.945. The van der Waals surface area contributed by atoms with Crippen molar-refractivity contribution in [2.45, 2.75) is 382 Å². The standard InChI is InChI=1S/C73H142O17P2/c1-9-64(6)50-42-34-26-22-19-20-24-28-40-48-56-73(78)90-69(60-84-71(76)54-46-38-32-30-36-44-52-66(8)11-3)62-88-92(81,82)86-58-67(74)57-85-91(79,80)87-61-68(59-83-70(75)53-45-37-31-29-35-43-51-65(7)10-2)89-72(77)55-47-39-27-23-18-16-14-12-13-15-17-21-25-33-41-49-63(4)5/h63-69,74H,9-62H2,1-8H3,(H,79,80)(H,81,82)/t64?,65?,66?,67-,68+,69+/m0/s1. The molecule has 17 nitrogen and oxygen atoms in total. The van der Waals surface area contributed by atoms with Gasteiger partial charge >= 0.3 is 39.5 Å². The van der Waals surface area contributed by atoms with E-state index >= 15 is 0 Å². The summed E-state index contributed by atoms with van der Waals surface area (Å²) in [6.45, 7) is 14.1. The second-order valence-electron chi connectivity index (χ2n) is 27.5. The first-order valence-corrected chi connectivity index (χ1v) is 40.8. The van der Waals surface area contributed by atoms with Crippen LogP contribution in [-0.4, -0.2) is 96.7 Å². The normalized spacial score (nSPS) is 15.1. The van der Waals surface area contributed by atoms with Crippen LogP contribution < -0.4 is 0 Å². The minimum absolute atomic E-state index is 0.105. The molecule has 0 aliphatic carbocycles. The SMILES string of the molecule is CCC(C)CCCCCCCCCCCCC(=O)O[C@H](COC(=O)CCCCCCCCC(C)CC)COP(=O)(O)OC[C@@H](O)COP(=O)(O)OC[C@@H](COC(=O)CCCCCCCCC(C)CC)OC(=O)CCCCCCCCCCCCCCCCCC(C)C. The van der Waals surface area contributed by atoms with E-state index in [2.05, 4.69) is 55.4 Å². The molecule has 92 heavy (non-hydrogen) atoms. The average molecular weight is 1350 g/mol. The van der Waals surface area contributed by atoms with Crippen LogP contribution in [0.25, 0.3) is 0 Å². The molecule has 0 aliphatic heterocycles. The molecule has 546 valence electrons. The summed E-state index contributed by atoms with van der Waals surface area (Å²) < 4.78 is 68.4. The van der Waals surface area contributed by atoms with Crippen molar-refractivity contribution in [1.29, 1.82) is 0 Å². The Morgan fingerprint density at radius 3 is 0.772 bits per heavy atom. The quantitative estimate of drug-likeness (QED) is 0.0222. The molecule has 0 radical (unpaired) electrons. The zero-order chi connectivity index (χ0) is 68.2. The molecule has 0 saturated carbocycles. The van der Waals surface area contributed by atoms with Crippen LogP contribution >= 0.6 is 15.6 Å². The topological polar surface area (TPSA) is 237 Å². The van der Waals surface area contributed by atoms with Gasteiger partial charge in [0, 0.05) is 25.7 Å². The van der Waals surface area contributed by atoms with Crippen LogP contribution in [0.2, 0.25) is 0 Å². The molecule has 5 unspecified atom stereocenters. The summed E-state index contributed by atoms with van der Waals surface area (Å²) in [5.41, 5.74) is 0. The molecule has 0 aromatic carbocycles. The molecule has 0 fully saturated rings. The number of unbranched alkanes of at least 4 members (excludes halogenated alkanes) is 33. The van der Waals surface area contributed by atoms with Crippen molar-refractivity contribution in [1.82, 2.24) is 0 Å². The Morgan fingerprint density at radius 1 is 0.304 bits per heavy atom. The molecule has 0 heterocycles.